The van der Waals surface area contributed by atoms with Gasteiger partial charge in [0, 0.05) is 12.7 Å². The van der Waals surface area contributed by atoms with Gasteiger partial charge in [0.2, 0.25) is 0 Å². The van der Waals surface area contributed by atoms with Gasteiger partial charge in [-0.05, 0) is 18.2 Å². The number of amides is 1. The summed E-state index contributed by atoms with van der Waals surface area (Å²) in [6.45, 7) is 0.195. The van der Waals surface area contributed by atoms with E-state index in [1.54, 1.807) is 23.9 Å². The number of carbonyl (C=O) groups is 1. The lowest BCUT2D eigenvalue weighted by Crippen LogP contribution is -2.14. The number of rotatable bonds is 4. The van der Waals surface area contributed by atoms with Crippen molar-refractivity contribution < 1.29 is 9.53 Å². The number of nitrogens with two attached hydrogens (primary N) is 2. The maximum absolute atomic E-state index is 11.3. The molecule has 0 radical (unpaired) electrons. The van der Waals surface area contributed by atoms with Gasteiger partial charge in [0.05, 0.1) is 5.56 Å². The predicted molar refractivity (Wildman–Crippen MR) is 64.7 cm³/mol. The molecule has 0 saturated carbocycles. The van der Waals surface area contributed by atoms with Crippen molar-refractivity contribution in [1.82, 2.24) is 14.8 Å². The Hall–Kier alpha value is -2.57. The number of benzene rings is 1. The highest BCUT2D eigenvalue weighted by Gasteiger charge is 2.11. The largest absolute Gasteiger partial charge is 0.485 e. The van der Waals surface area contributed by atoms with E-state index >= 15 is 0 Å². The maximum Gasteiger partial charge on any atom is 0.252 e. The van der Waals surface area contributed by atoms with Crippen molar-refractivity contribution in [3.05, 3.63) is 35.9 Å². The summed E-state index contributed by atoms with van der Waals surface area (Å²) in [6, 6.07) is 4.72. The topological polar surface area (TPSA) is 109 Å². The molecule has 4 N–H and O–H groups in total. The van der Waals surface area contributed by atoms with Gasteiger partial charge in [-0.3, -0.25) is 9.48 Å². The molecule has 1 amide bonds. The van der Waals surface area contributed by atoms with E-state index in [-0.39, 0.29) is 12.2 Å². The minimum absolute atomic E-state index is 0.195. The van der Waals surface area contributed by atoms with Crippen molar-refractivity contribution in [3.8, 4) is 5.75 Å². The summed E-state index contributed by atoms with van der Waals surface area (Å²) in [5.41, 5.74) is 11.5. The molecule has 0 aliphatic heterocycles. The molecule has 0 spiro atoms. The molecule has 0 aliphatic carbocycles. The number of aromatic nitrogens is 3. The Bertz CT molecular complexity index is 579. The van der Waals surface area contributed by atoms with Gasteiger partial charge in [-0.15, -0.1) is 0 Å². The molecule has 18 heavy (non-hydrogen) atoms. The molecular formula is C11H13N5O2. The quantitative estimate of drug-likeness (QED) is 0.743. The summed E-state index contributed by atoms with van der Waals surface area (Å²) < 4.78 is 7.08. The monoisotopic (exact) mass is 247 g/mol. The van der Waals surface area contributed by atoms with Gasteiger partial charge in [-0.1, -0.05) is 0 Å². The highest BCUT2D eigenvalue weighted by Crippen LogP contribution is 2.21. The third kappa shape index (κ3) is 2.40. The number of primary amides is 1. The van der Waals surface area contributed by atoms with E-state index < -0.39 is 5.91 Å². The maximum atomic E-state index is 11.3. The summed E-state index contributed by atoms with van der Waals surface area (Å²) in [5.74, 6) is 0.428. The summed E-state index contributed by atoms with van der Waals surface area (Å²) in [7, 11) is 1.75. The minimum atomic E-state index is -0.588. The van der Waals surface area contributed by atoms with Gasteiger partial charge in [0.15, 0.2) is 5.82 Å². The Balaban J connectivity index is 2.19. The Labute approximate surface area is 103 Å². The van der Waals surface area contributed by atoms with Crippen molar-refractivity contribution in [3.63, 3.8) is 0 Å². The third-order valence-electron chi connectivity index (χ3n) is 2.43. The van der Waals surface area contributed by atoms with E-state index in [0.29, 0.717) is 17.3 Å². The van der Waals surface area contributed by atoms with E-state index in [1.165, 1.54) is 12.4 Å². The lowest BCUT2D eigenvalue weighted by Gasteiger charge is -2.09. The van der Waals surface area contributed by atoms with Crippen LogP contribution in [0.4, 0.5) is 5.69 Å². The van der Waals surface area contributed by atoms with Gasteiger partial charge in [0.1, 0.15) is 18.7 Å². The summed E-state index contributed by atoms with van der Waals surface area (Å²) in [5, 5.41) is 3.91. The smallest absolute Gasteiger partial charge is 0.252 e. The van der Waals surface area contributed by atoms with Crippen LogP contribution in [0, 0.1) is 0 Å². The van der Waals surface area contributed by atoms with Crippen LogP contribution < -0.4 is 16.2 Å². The molecule has 1 aromatic carbocycles. The van der Waals surface area contributed by atoms with Crippen LogP contribution in [0.1, 0.15) is 16.2 Å². The first-order valence-electron chi connectivity index (χ1n) is 5.23. The van der Waals surface area contributed by atoms with Gasteiger partial charge in [-0.25, -0.2) is 4.98 Å². The average molecular weight is 247 g/mol. The Morgan fingerprint density at radius 3 is 2.89 bits per heavy atom. The van der Waals surface area contributed by atoms with Gasteiger partial charge in [0.25, 0.3) is 5.91 Å². The molecule has 0 aliphatic rings. The molecule has 0 bridgehead atoms. The third-order valence-corrected chi connectivity index (χ3v) is 2.43. The van der Waals surface area contributed by atoms with Crippen molar-refractivity contribution in [1.29, 1.82) is 0 Å². The Kier molecular flexibility index (Phi) is 3.13. The van der Waals surface area contributed by atoms with Crippen molar-refractivity contribution in [2.24, 2.45) is 12.8 Å². The molecule has 2 rings (SSSR count). The van der Waals surface area contributed by atoms with E-state index in [4.69, 9.17) is 16.2 Å². The number of ether oxygens (including phenoxy) is 1. The standard InChI is InChI=1S/C11H13N5O2/c1-16-10(14-6-15-16)5-18-9-3-2-7(12)4-8(9)11(13)17/h2-4,6H,5,12H2,1H3,(H2,13,17). The number of nitrogens with zero attached hydrogens (tertiary/aromatic N) is 3. The van der Waals surface area contributed by atoms with Crippen LogP contribution >= 0.6 is 0 Å². The highest BCUT2D eigenvalue weighted by molar-refractivity contribution is 5.96. The van der Waals surface area contributed by atoms with Gasteiger partial charge >= 0.3 is 0 Å². The first-order chi connectivity index (χ1) is 8.58. The second-order valence-electron chi connectivity index (χ2n) is 3.71. The van der Waals surface area contributed by atoms with E-state index in [0.717, 1.165) is 0 Å². The number of anilines is 1. The fourth-order valence-corrected chi connectivity index (χ4v) is 1.46. The molecular weight excluding hydrogens is 234 g/mol. The minimum Gasteiger partial charge on any atom is -0.485 e. The Morgan fingerprint density at radius 1 is 1.50 bits per heavy atom. The first-order valence-corrected chi connectivity index (χ1v) is 5.23. The number of aryl methyl sites for hydroxylation is 1. The predicted octanol–water partition coefficient (Wildman–Crippen LogP) is 0.0752. The zero-order chi connectivity index (χ0) is 13.1. The zero-order valence-corrected chi connectivity index (χ0v) is 9.83. The molecule has 0 atom stereocenters. The second-order valence-corrected chi connectivity index (χ2v) is 3.71. The van der Waals surface area contributed by atoms with Gasteiger partial charge < -0.3 is 16.2 Å². The number of carbonyl (C=O) groups excluding carboxylic acids is 1. The lowest BCUT2D eigenvalue weighted by atomic mass is 10.1. The molecule has 0 fully saturated rings. The van der Waals surface area contributed by atoms with Crippen LogP contribution in [0.5, 0.6) is 5.75 Å². The Morgan fingerprint density at radius 2 is 2.28 bits per heavy atom. The van der Waals surface area contributed by atoms with Gasteiger partial charge in [-0.2, -0.15) is 5.10 Å². The SMILES string of the molecule is Cn1ncnc1COc1ccc(N)cc1C(N)=O. The number of nitrogen functional groups attached to an aromatic ring is 1. The van der Waals surface area contributed by atoms with Crippen LogP contribution in [0.25, 0.3) is 0 Å². The van der Waals surface area contributed by atoms with Crippen LogP contribution in [0.15, 0.2) is 24.5 Å². The van der Waals surface area contributed by atoms with E-state index in [2.05, 4.69) is 10.1 Å². The van der Waals surface area contributed by atoms with E-state index in [1.807, 2.05) is 0 Å². The van der Waals surface area contributed by atoms with Crippen LogP contribution in [0.2, 0.25) is 0 Å². The molecule has 7 nitrogen and oxygen atoms in total. The average Bonchev–Trinajstić information content (AvgIpc) is 2.73. The number of hydrogen-bond donors (Lipinski definition) is 2. The fraction of sp³-hybridized carbons (Fsp3) is 0.182. The molecule has 0 saturated heterocycles. The van der Waals surface area contributed by atoms with Crippen LogP contribution in [-0.4, -0.2) is 20.7 Å². The zero-order valence-electron chi connectivity index (χ0n) is 9.83. The molecule has 1 aromatic heterocycles. The molecule has 7 heteroatoms. The summed E-state index contributed by atoms with van der Waals surface area (Å²) >= 11 is 0. The summed E-state index contributed by atoms with van der Waals surface area (Å²) in [4.78, 5) is 15.3. The second kappa shape index (κ2) is 4.74. The van der Waals surface area contributed by atoms with Crippen LogP contribution in [-0.2, 0) is 13.7 Å². The van der Waals surface area contributed by atoms with E-state index in [9.17, 15) is 4.79 Å². The van der Waals surface area contributed by atoms with Crippen molar-refractivity contribution >= 4 is 11.6 Å². The summed E-state index contributed by atoms with van der Waals surface area (Å²) in [6.07, 6.45) is 1.43. The molecule has 1 heterocycles. The first kappa shape index (κ1) is 11.9. The van der Waals surface area contributed by atoms with Crippen LogP contribution in [0.3, 0.4) is 0 Å². The number of hydrogen-bond acceptors (Lipinski definition) is 5. The fourth-order valence-electron chi connectivity index (χ4n) is 1.46. The molecule has 2 aromatic rings. The van der Waals surface area contributed by atoms with Crippen molar-refractivity contribution in [2.75, 3.05) is 5.73 Å². The molecule has 0 unspecified atom stereocenters. The van der Waals surface area contributed by atoms with Crippen molar-refractivity contribution in [2.45, 2.75) is 6.61 Å². The lowest BCUT2D eigenvalue weighted by molar-refractivity contribution is 0.0995. The highest BCUT2D eigenvalue weighted by atomic mass is 16.5. The normalized spacial score (nSPS) is 10.3. The molecule has 94 valence electrons.